The maximum atomic E-state index is 11.1. The van der Waals surface area contributed by atoms with E-state index >= 15 is 0 Å². The van der Waals surface area contributed by atoms with Crippen molar-refractivity contribution in [1.29, 1.82) is 0 Å². The lowest BCUT2D eigenvalue weighted by Gasteiger charge is -2.12. The van der Waals surface area contributed by atoms with Gasteiger partial charge < -0.3 is 10.1 Å². The van der Waals surface area contributed by atoms with Crippen molar-refractivity contribution in [2.75, 3.05) is 6.61 Å². The van der Waals surface area contributed by atoms with Gasteiger partial charge in [0, 0.05) is 28.2 Å². The summed E-state index contributed by atoms with van der Waals surface area (Å²) in [5.74, 6) is 0.874. The first-order chi connectivity index (χ1) is 10.1. The molecule has 1 unspecified atom stereocenters. The van der Waals surface area contributed by atoms with Crippen LogP contribution in [0.4, 0.5) is 5.69 Å². The number of nitro benzene ring substituents is 1. The number of nitrogens with one attached hydrogen (secondary N) is 1. The molecule has 1 heterocycles. The van der Waals surface area contributed by atoms with Gasteiger partial charge in [-0.2, -0.15) is 0 Å². The van der Waals surface area contributed by atoms with Crippen LogP contribution in [0.3, 0.4) is 0 Å². The smallest absolute Gasteiger partial charge is 0.273 e. The minimum Gasteiger partial charge on any atom is -0.491 e. The minimum absolute atomic E-state index is 0.0554. The van der Waals surface area contributed by atoms with Gasteiger partial charge in [-0.1, -0.05) is 34.1 Å². The molecule has 0 saturated heterocycles. The normalized spacial score (nSPS) is 16.3. The zero-order valence-electron chi connectivity index (χ0n) is 11.1. The molecule has 2 aromatic rings. The van der Waals surface area contributed by atoms with E-state index in [9.17, 15) is 10.1 Å². The molecule has 108 valence electrons. The zero-order valence-corrected chi connectivity index (χ0v) is 12.7. The molecule has 1 aliphatic rings. The van der Waals surface area contributed by atoms with Crippen molar-refractivity contribution in [3.8, 4) is 5.75 Å². The molecule has 1 atom stereocenters. The summed E-state index contributed by atoms with van der Waals surface area (Å²) in [6, 6.07) is 12.8. The van der Waals surface area contributed by atoms with Crippen LogP contribution in [0.1, 0.15) is 17.2 Å². The van der Waals surface area contributed by atoms with Crippen LogP contribution in [0.2, 0.25) is 0 Å². The molecule has 0 aliphatic carbocycles. The Hall–Kier alpha value is -1.92. The fraction of sp³-hybridized carbons (Fsp3) is 0.200. The molecule has 0 aromatic heterocycles. The van der Waals surface area contributed by atoms with E-state index in [0.29, 0.717) is 18.7 Å². The largest absolute Gasteiger partial charge is 0.491 e. The lowest BCUT2D eigenvalue weighted by molar-refractivity contribution is -0.385. The predicted molar refractivity (Wildman–Crippen MR) is 82.3 cm³/mol. The third-order valence-corrected chi connectivity index (χ3v) is 3.97. The predicted octanol–water partition coefficient (Wildman–Crippen LogP) is 3.58. The van der Waals surface area contributed by atoms with Crippen molar-refractivity contribution in [3.05, 3.63) is 68.2 Å². The van der Waals surface area contributed by atoms with E-state index in [-0.39, 0.29) is 16.7 Å². The Bertz CT molecular complexity index is 690. The molecule has 0 saturated carbocycles. The average Bonchev–Trinajstić information content (AvgIpc) is 2.88. The number of para-hydroxylation sites is 1. The van der Waals surface area contributed by atoms with Crippen molar-refractivity contribution in [2.24, 2.45) is 0 Å². The highest BCUT2D eigenvalue weighted by molar-refractivity contribution is 9.10. The van der Waals surface area contributed by atoms with Crippen molar-refractivity contribution in [2.45, 2.75) is 12.6 Å². The molecule has 2 aromatic carbocycles. The van der Waals surface area contributed by atoms with Gasteiger partial charge in [-0.3, -0.25) is 10.1 Å². The Morgan fingerprint density at radius 3 is 2.95 bits per heavy atom. The molecule has 1 N–H and O–H groups in total. The molecule has 1 aliphatic heterocycles. The van der Waals surface area contributed by atoms with Gasteiger partial charge in [0.05, 0.1) is 11.0 Å². The van der Waals surface area contributed by atoms with E-state index in [4.69, 9.17) is 4.74 Å². The van der Waals surface area contributed by atoms with E-state index in [0.717, 1.165) is 15.8 Å². The third-order valence-electron chi connectivity index (χ3n) is 3.48. The fourth-order valence-electron chi connectivity index (χ4n) is 2.44. The van der Waals surface area contributed by atoms with E-state index in [2.05, 4.69) is 21.2 Å². The molecule has 21 heavy (non-hydrogen) atoms. The number of hydrogen-bond acceptors (Lipinski definition) is 4. The Morgan fingerprint density at radius 2 is 2.14 bits per heavy atom. The second-order valence-electron chi connectivity index (χ2n) is 4.81. The Balaban J connectivity index is 1.77. The summed E-state index contributed by atoms with van der Waals surface area (Å²) < 4.78 is 6.42. The van der Waals surface area contributed by atoms with E-state index in [1.807, 2.05) is 24.3 Å². The van der Waals surface area contributed by atoms with Crippen molar-refractivity contribution in [1.82, 2.24) is 5.32 Å². The van der Waals surface area contributed by atoms with Gasteiger partial charge in [-0.15, -0.1) is 0 Å². The fourth-order valence-corrected chi connectivity index (χ4v) is 2.85. The maximum Gasteiger partial charge on any atom is 0.273 e. The van der Waals surface area contributed by atoms with Crippen LogP contribution in [0, 0.1) is 10.1 Å². The van der Waals surface area contributed by atoms with Crippen molar-refractivity contribution >= 4 is 21.6 Å². The summed E-state index contributed by atoms with van der Waals surface area (Å²) >= 11 is 3.35. The highest BCUT2D eigenvalue weighted by Gasteiger charge is 2.24. The first kappa shape index (κ1) is 14.0. The first-order valence-corrected chi connectivity index (χ1v) is 7.32. The van der Waals surface area contributed by atoms with E-state index in [1.54, 1.807) is 12.1 Å². The average molecular weight is 349 g/mol. The summed E-state index contributed by atoms with van der Waals surface area (Å²) in [5, 5.41) is 14.4. The molecule has 0 amide bonds. The third kappa shape index (κ3) is 2.91. The molecule has 0 fully saturated rings. The summed E-state index contributed by atoms with van der Waals surface area (Å²) in [7, 11) is 0. The molecule has 5 nitrogen and oxygen atoms in total. The lowest BCUT2D eigenvalue weighted by atomic mass is 10.1. The monoisotopic (exact) mass is 348 g/mol. The SMILES string of the molecule is O=[N+]([O-])c1ccc(Br)cc1CNC1COc2ccccc21. The molecule has 3 rings (SSSR count). The second kappa shape index (κ2) is 5.83. The highest BCUT2D eigenvalue weighted by atomic mass is 79.9. The molecule has 6 heteroatoms. The van der Waals surface area contributed by atoms with E-state index < -0.39 is 0 Å². The lowest BCUT2D eigenvalue weighted by Crippen LogP contribution is -2.22. The van der Waals surface area contributed by atoms with Crippen LogP contribution in [-0.2, 0) is 6.54 Å². The van der Waals surface area contributed by atoms with Crippen LogP contribution in [0.15, 0.2) is 46.9 Å². The number of ether oxygens (including phenoxy) is 1. The Morgan fingerprint density at radius 1 is 1.33 bits per heavy atom. The van der Waals surface area contributed by atoms with E-state index in [1.165, 1.54) is 6.07 Å². The summed E-state index contributed by atoms with van der Waals surface area (Å²) in [5.41, 5.74) is 1.87. The molecular weight excluding hydrogens is 336 g/mol. The molecule has 0 spiro atoms. The first-order valence-electron chi connectivity index (χ1n) is 6.53. The second-order valence-corrected chi connectivity index (χ2v) is 5.73. The number of nitrogens with zero attached hydrogens (tertiary/aromatic N) is 1. The van der Waals surface area contributed by atoms with Gasteiger partial charge >= 0.3 is 0 Å². The summed E-state index contributed by atoms with van der Waals surface area (Å²) in [6.45, 7) is 0.958. The van der Waals surface area contributed by atoms with Gasteiger partial charge in [0.15, 0.2) is 0 Å². The maximum absolute atomic E-state index is 11.1. The van der Waals surface area contributed by atoms with Gasteiger partial charge in [-0.05, 0) is 18.2 Å². The van der Waals surface area contributed by atoms with Gasteiger partial charge in [-0.25, -0.2) is 0 Å². The Kier molecular flexibility index (Phi) is 3.90. The molecule has 0 bridgehead atoms. The van der Waals surface area contributed by atoms with Crippen LogP contribution < -0.4 is 10.1 Å². The van der Waals surface area contributed by atoms with Gasteiger partial charge in [0.25, 0.3) is 5.69 Å². The number of benzene rings is 2. The zero-order chi connectivity index (χ0) is 14.8. The van der Waals surface area contributed by atoms with Gasteiger partial charge in [0.1, 0.15) is 12.4 Å². The number of rotatable bonds is 4. The van der Waals surface area contributed by atoms with Gasteiger partial charge in [0.2, 0.25) is 0 Å². The Labute approximate surface area is 130 Å². The van der Waals surface area contributed by atoms with Crippen molar-refractivity contribution in [3.63, 3.8) is 0 Å². The summed E-state index contributed by atoms with van der Waals surface area (Å²) in [4.78, 5) is 10.7. The summed E-state index contributed by atoms with van der Waals surface area (Å²) in [6.07, 6.45) is 0. The van der Waals surface area contributed by atoms with Crippen LogP contribution >= 0.6 is 15.9 Å². The molecule has 0 radical (unpaired) electrons. The number of hydrogen-bond donors (Lipinski definition) is 1. The topological polar surface area (TPSA) is 64.4 Å². The standard InChI is InChI=1S/C15H13BrN2O3/c16-11-5-6-14(18(19)20)10(7-11)8-17-13-9-21-15-4-2-1-3-12(13)15/h1-7,13,17H,8-9H2. The minimum atomic E-state index is -0.359. The van der Waals surface area contributed by atoms with Crippen LogP contribution in [0.5, 0.6) is 5.75 Å². The molecular formula is C15H13BrN2O3. The number of nitro groups is 1. The number of halogens is 1. The van der Waals surface area contributed by atoms with Crippen LogP contribution in [0.25, 0.3) is 0 Å². The number of fused-ring (bicyclic) bond motifs is 1. The highest BCUT2D eigenvalue weighted by Crippen LogP contribution is 2.32. The van der Waals surface area contributed by atoms with Crippen LogP contribution in [-0.4, -0.2) is 11.5 Å². The van der Waals surface area contributed by atoms with Crippen molar-refractivity contribution < 1.29 is 9.66 Å². The quantitative estimate of drug-likeness (QED) is 0.677.